The molecule has 1 nitrogen and oxygen atoms in total. The van der Waals surface area contributed by atoms with Crippen LogP contribution in [0.4, 0.5) is 0 Å². The Kier molecular flexibility index (Phi) is 6.07. The van der Waals surface area contributed by atoms with Crippen LogP contribution in [0.25, 0.3) is 0 Å². The van der Waals surface area contributed by atoms with Crippen molar-refractivity contribution in [1.29, 1.82) is 0 Å². The normalized spacial score (nSPS) is 12.7. The molecule has 0 heterocycles. The Morgan fingerprint density at radius 2 is 2.07 bits per heavy atom. The van der Waals surface area contributed by atoms with Gasteiger partial charge in [-0.2, -0.15) is 0 Å². The fourth-order valence-electron chi connectivity index (χ4n) is 1.48. The predicted octanol–water partition coefficient (Wildman–Crippen LogP) is 3.84. The molecule has 0 aliphatic carbocycles. The molecular weight excluding hydrogens is 229 g/mol. The minimum absolute atomic E-state index is 0.485. The summed E-state index contributed by atoms with van der Waals surface area (Å²) in [5.74, 6) is 0.702. The van der Waals surface area contributed by atoms with Crippen LogP contribution < -0.4 is 5.32 Å². The topological polar surface area (TPSA) is 12.0 Å². The predicted molar refractivity (Wildman–Crippen MR) is 67.7 cm³/mol. The van der Waals surface area contributed by atoms with E-state index >= 15 is 0 Å². The molecule has 0 fully saturated rings. The van der Waals surface area contributed by atoms with Crippen molar-refractivity contribution in [3.8, 4) is 0 Å². The van der Waals surface area contributed by atoms with Gasteiger partial charge in [0.1, 0.15) is 0 Å². The van der Waals surface area contributed by atoms with Gasteiger partial charge in [-0.05, 0) is 24.5 Å². The van der Waals surface area contributed by atoms with Crippen molar-refractivity contribution in [2.75, 3.05) is 5.88 Å². The van der Waals surface area contributed by atoms with Gasteiger partial charge in [0.2, 0.25) is 0 Å². The Hall–Kier alpha value is -0.240. The first-order valence-corrected chi connectivity index (χ1v) is 6.22. The third-order valence-corrected chi connectivity index (χ3v) is 3.08. The van der Waals surface area contributed by atoms with Crippen LogP contribution in [0.2, 0.25) is 5.02 Å². The molecule has 0 amide bonds. The van der Waals surface area contributed by atoms with Crippen molar-refractivity contribution < 1.29 is 0 Å². The molecule has 84 valence electrons. The molecule has 0 aliphatic rings. The van der Waals surface area contributed by atoms with Crippen molar-refractivity contribution in [3.05, 3.63) is 34.9 Å². The second-order valence-corrected chi connectivity index (χ2v) is 4.34. The molecule has 1 aromatic rings. The van der Waals surface area contributed by atoms with Crippen molar-refractivity contribution in [2.24, 2.45) is 0 Å². The largest absolute Gasteiger partial charge is 0.310 e. The van der Waals surface area contributed by atoms with Gasteiger partial charge in [0.15, 0.2) is 0 Å². The lowest BCUT2D eigenvalue weighted by atomic mass is 10.1. The molecule has 0 aliphatic heterocycles. The SMILES string of the molecule is CCC(CCCl)NCc1ccccc1Cl. The average Bonchev–Trinajstić information content (AvgIpc) is 2.26. The van der Waals surface area contributed by atoms with Crippen LogP contribution in [0.3, 0.4) is 0 Å². The van der Waals surface area contributed by atoms with E-state index in [4.69, 9.17) is 23.2 Å². The zero-order valence-corrected chi connectivity index (χ0v) is 10.5. The molecule has 0 bridgehead atoms. The van der Waals surface area contributed by atoms with Crippen LogP contribution >= 0.6 is 23.2 Å². The number of halogens is 2. The summed E-state index contributed by atoms with van der Waals surface area (Å²) >= 11 is 11.8. The van der Waals surface area contributed by atoms with Gasteiger partial charge in [0.05, 0.1) is 0 Å². The first-order valence-electron chi connectivity index (χ1n) is 5.30. The smallest absolute Gasteiger partial charge is 0.0450 e. The second-order valence-electron chi connectivity index (χ2n) is 3.56. The highest BCUT2D eigenvalue weighted by atomic mass is 35.5. The summed E-state index contributed by atoms with van der Waals surface area (Å²) < 4.78 is 0. The maximum Gasteiger partial charge on any atom is 0.0450 e. The zero-order valence-electron chi connectivity index (χ0n) is 8.97. The lowest BCUT2D eigenvalue weighted by Gasteiger charge is -2.15. The monoisotopic (exact) mass is 245 g/mol. The van der Waals surface area contributed by atoms with E-state index < -0.39 is 0 Å². The number of hydrogen-bond donors (Lipinski definition) is 1. The van der Waals surface area contributed by atoms with Crippen LogP contribution in [0.1, 0.15) is 25.3 Å². The van der Waals surface area contributed by atoms with Crippen molar-refractivity contribution in [1.82, 2.24) is 5.32 Å². The first-order chi connectivity index (χ1) is 7.27. The van der Waals surface area contributed by atoms with Gasteiger partial charge < -0.3 is 5.32 Å². The van der Waals surface area contributed by atoms with E-state index in [9.17, 15) is 0 Å². The summed E-state index contributed by atoms with van der Waals surface area (Å²) in [5.41, 5.74) is 1.15. The third-order valence-electron chi connectivity index (χ3n) is 2.49. The third kappa shape index (κ3) is 4.42. The van der Waals surface area contributed by atoms with Crippen LogP contribution in [0.5, 0.6) is 0 Å². The van der Waals surface area contributed by atoms with Gasteiger partial charge in [0, 0.05) is 23.5 Å². The van der Waals surface area contributed by atoms with Gasteiger partial charge in [-0.1, -0.05) is 36.7 Å². The summed E-state index contributed by atoms with van der Waals surface area (Å²) in [7, 11) is 0. The molecule has 1 atom stereocenters. The Labute approximate surface area is 102 Å². The Morgan fingerprint density at radius 3 is 2.67 bits per heavy atom. The molecule has 0 aromatic heterocycles. The number of benzene rings is 1. The molecule has 0 radical (unpaired) electrons. The van der Waals surface area contributed by atoms with E-state index in [1.807, 2.05) is 24.3 Å². The quantitative estimate of drug-likeness (QED) is 0.752. The Morgan fingerprint density at radius 1 is 1.33 bits per heavy atom. The van der Waals surface area contributed by atoms with E-state index in [2.05, 4.69) is 12.2 Å². The highest BCUT2D eigenvalue weighted by Crippen LogP contribution is 2.15. The van der Waals surface area contributed by atoms with E-state index in [-0.39, 0.29) is 0 Å². The van der Waals surface area contributed by atoms with Gasteiger partial charge in [-0.25, -0.2) is 0 Å². The maximum atomic E-state index is 6.06. The minimum Gasteiger partial charge on any atom is -0.310 e. The van der Waals surface area contributed by atoms with Gasteiger partial charge in [-0.3, -0.25) is 0 Å². The highest BCUT2D eigenvalue weighted by Gasteiger charge is 2.05. The summed E-state index contributed by atoms with van der Waals surface area (Å²) in [6.45, 7) is 2.98. The molecular formula is C12H17Cl2N. The lowest BCUT2D eigenvalue weighted by Crippen LogP contribution is -2.28. The zero-order chi connectivity index (χ0) is 11.1. The summed E-state index contributed by atoms with van der Waals surface area (Å²) in [5, 5.41) is 4.28. The fraction of sp³-hybridized carbons (Fsp3) is 0.500. The van der Waals surface area contributed by atoms with Crippen molar-refractivity contribution in [3.63, 3.8) is 0 Å². The molecule has 15 heavy (non-hydrogen) atoms. The number of alkyl halides is 1. The second kappa shape index (κ2) is 7.10. The molecule has 0 spiro atoms. The van der Waals surface area contributed by atoms with Crippen LogP contribution in [0, 0.1) is 0 Å². The minimum atomic E-state index is 0.485. The van der Waals surface area contributed by atoms with Gasteiger partial charge in [0.25, 0.3) is 0 Å². The number of hydrogen-bond acceptors (Lipinski definition) is 1. The summed E-state index contributed by atoms with van der Waals surface area (Å²) in [6, 6.07) is 8.40. The van der Waals surface area contributed by atoms with E-state index in [0.717, 1.165) is 30.0 Å². The number of nitrogens with one attached hydrogen (secondary N) is 1. The molecule has 1 aromatic carbocycles. The number of rotatable bonds is 6. The first kappa shape index (κ1) is 12.8. The van der Waals surface area contributed by atoms with E-state index in [1.165, 1.54) is 0 Å². The molecule has 1 rings (SSSR count). The molecule has 1 unspecified atom stereocenters. The van der Waals surface area contributed by atoms with Crippen molar-refractivity contribution in [2.45, 2.75) is 32.4 Å². The Balaban J connectivity index is 2.45. The summed E-state index contributed by atoms with van der Waals surface area (Å²) in [4.78, 5) is 0. The van der Waals surface area contributed by atoms with Gasteiger partial charge >= 0.3 is 0 Å². The van der Waals surface area contributed by atoms with Crippen LogP contribution in [0.15, 0.2) is 24.3 Å². The lowest BCUT2D eigenvalue weighted by molar-refractivity contribution is 0.486. The molecule has 0 saturated heterocycles. The van der Waals surface area contributed by atoms with Gasteiger partial charge in [-0.15, -0.1) is 11.6 Å². The highest BCUT2D eigenvalue weighted by molar-refractivity contribution is 6.31. The van der Waals surface area contributed by atoms with Crippen molar-refractivity contribution >= 4 is 23.2 Å². The standard InChI is InChI=1S/C12H17Cl2N/c1-2-11(7-8-13)15-9-10-5-3-4-6-12(10)14/h3-6,11,15H,2,7-9H2,1H3. The molecule has 3 heteroatoms. The fourth-order valence-corrected chi connectivity index (χ4v) is 1.94. The van der Waals surface area contributed by atoms with Crippen LogP contribution in [-0.2, 0) is 6.54 Å². The Bertz CT molecular complexity index is 289. The van der Waals surface area contributed by atoms with E-state index in [1.54, 1.807) is 0 Å². The molecule has 0 saturated carbocycles. The molecule has 1 N–H and O–H groups in total. The van der Waals surface area contributed by atoms with E-state index in [0.29, 0.717) is 11.9 Å². The summed E-state index contributed by atoms with van der Waals surface area (Å²) in [6.07, 6.45) is 2.10. The van der Waals surface area contributed by atoms with Crippen LogP contribution in [-0.4, -0.2) is 11.9 Å². The maximum absolute atomic E-state index is 6.06. The average molecular weight is 246 g/mol.